The summed E-state index contributed by atoms with van der Waals surface area (Å²) >= 11 is 0. The predicted octanol–water partition coefficient (Wildman–Crippen LogP) is 2.88. The average Bonchev–Trinajstić information content (AvgIpc) is 2.85. The molecule has 1 aromatic carbocycles. The molecular weight excluding hydrogens is 426 g/mol. The smallest absolute Gasteiger partial charge is 0.0889 e. The van der Waals surface area contributed by atoms with E-state index in [1.54, 1.807) is 0 Å². The van der Waals surface area contributed by atoms with Gasteiger partial charge >= 0.3 is 0 Å². The van der Waals surface area contributed by atoms with E-state index in [1.807, 2.05) is 18.2 Å². The normalized spacial score (nSPS) is 19.4. The Morgan fingerprint density at radius 1 is 0.424 bits per heavy atom. The Labute approximate surface area is 196 Å². The van der Waals surface area contributed by atoms with Crippen LogP contribution in [0.25, 0.3) is 11.1 Å². The molecule has 33 heavy (non-hydrogen) atoms. The minimum atomic E-state index is 0.411. The van der Waals surface area contributed by atoms with Crippen LogP contribution in [-0.4, -0.2) is 84.3 Å². The van der Waals surface area contributed by atoms with Crippen molar-refractivity contribution in [1.82, 2.24) is 4.98 Å². The Bertz CT molecular complexity index is 719. The van der Waals surface area contributed by atoms with Crippen LogP contribution in [0.15, 0.2) is 42.5 Å². The molecule has 1 aliphatic heterocycles. The molecule has 0 aliphatic carbocycles. The van der Waals surface area contributed by atoms with Crippen molar-refractivity contribution in [3.05, 3.63) is 53.9 Å². The summed E-state index contributed by atoms with van der Waals surface area (Å²) in [5.74, 6) is 0. The highest BCUT2D eigenvalue weighted by Crippen LogP contribution is 2.21. The van der Waals surface area contributed by atoms with E-state index in [9.17, 15) is 0 Å². The van der Waals surface area contributed by atoms with Crippen molar-refractivity contribution in [3.63, 3.8) is 0 Å². The Morgan fingerprint density at radius 3 is 1.18 bits per heavy atom. The van der Waals surface area contributed by atoms with Gasteiger partial charge in [-0.3, -0.25) is 4.98 Å². The van der Waals surface area contributed by atoms with Crippen LogP contribution in [-0.2, 0) is 46.4 Å². The SMILES string of the molecule is c1ccc(-c2cc3nc(c2)COCCOCCOCCOCCOCCOCCOC3)cc1. The van der Waals surface area contributed by atoms with Crippen LogP contribution in [0.3, 0.4) is 0 Å². The standard InChI is InChI=1S/C25H35NO7/c1-2-4-22(5-3-1)23-18-24-20-32-16-14-30-12-10-28-8-6-27-7-9-29-11-13-31-15-17-33-21-25(19-23)26-24/h1-5,18-19H,6-17,20-21H2. The number of hydrogen-bond acceptors (Lipinski definition) is 8. The fourth-order valence-corrected chi connectivity index (χ4v) is 3.17. The molecule has 2 heterocycles. The van der Waals surface area contributed by atoms with Crippen molar-refractivity contribution in [2.45, 2.75) is 13.2 Å². The molecule has 0 radical (unpaired) electrons. The van der Waals surface area contributed by atoms with Crippen LogP contribution < -0.4 is 0 Å². The van der Waals surface area contributed by atoms with Gasteiger partial charge in [0.25, 0.3) is 0 Å². The molecule has 3 rings (SSSR count). The van der Waals surface area contributed by atoms with Gasteiger partial charge < -0.3 is 33.2 Å². The van der Waals surface area contributed by atoms with Crippen LogP contribution >= 0.6 is 0 Å². The molecule has 8 heteroatoms. The summed E-state index contributed by atoms with van der Waals surface area (Å²) in [5, 5.41) is 0. The Morgan fingerprint density at radius 2 is 0.788 bits per heavy atom. The molecule has 0 spiro atoms. The fraction of sp³-hybridized carbons (Fsp3) is 0.560. The molecule has 182 valence electrons. The maximum Gasteiger partial charge on any atom is 0.0889 e. The minimum Gasteiger partial charge on any atom is -0.377 e. The van der Waals surface area contributed by atoms with Gasteiger partial charge in [0.05, 0.1) is 104 Å². The summed E-state index contributed by atoms with van der Waals surface area (Å²) in [6, 6.07) is 14.4. The van der Waals surface area contributed by atoms with E-state index in [1.165, 1.54) is 0 Å². The largest absolute Gasteiger partial charge is 0.377 e. The third kappa shape index (κ3) is 11.2. The topological polar surface area (TPSA) is 77.5 Å². The second-order valence-electron chi connectivity index (χ2n) is 7.37. The quantitative estimate of drug-likeness (QED) is 0.642. The number of pyridine rings is 1. The van der Waals surface area contributed by atoms with Gasteiger partial charge in [0, 0.05) is 0 Å². The lowest BCUT2D eigenvalue weighted by molar-refractivity contribution is -0.0224. The van der Waals surface area contributed by atoms with E-state index in [0.29, 0.717) is 92.5 Å². The summed E-state index contributed by atoms with van der Waals surface area (Å²) in [6.45, 7) is 7.07. The van der Waals surface area contributed by atoms with Crippen molar-refractivity contribution < 1.29 is 33.2 Å². The van der Waals surface area contributed by atoms with Gasteiger partial charge in [0.1, 0.15) is 0 Å². The number of aromatic nitrogens is 1. The summed E-state index contributed by atoms with van der Waals surface area (Å²) in [4.78, 5) is 4.71. The first-order valence-corrected chi connectivity index (χ1v) is 11.5. The zero-order valence-electron chi connectivity index (χ0n) is 19.2. The zero-order valence-corrected chi connectivity index (χ0v) is 19.2. The van der Waals surface area contributed by atoms with Crippen LogP contribution in [0.5, 0.6) is 0 Å². The van der Waals surface area contributed by atoms with Crippen LogP contribution in [0, 0.1) is 0 Å². The highest BCUT2D eigenvalue weighted by molar-refractivity contribution is 5.63. The van der Waals surface area contributed by atoms with Crippen LogP contribution in [0.2, 0.25) is 0 Å². The van der Waals surface area contributed by atoms with Gasteiger partial charge in [0.2, 0.25) is 0 Å². The van der Waals surface area contributed by atoms with Crippen molar-refractivity contribution in [1.29, 1.82) is 0 Å². The number of ether oxygens (including phenoxy) is 7. The zero-order chi connectivity index (χ0) is 22.8. The van der Waals surface area contributed by atoms with Crippen LogP contribution in [0.4, 0.5) is 0 Å². The summed E-state index contributed by atoms with van der Waals surface area (Å²) in [7, 11) is 0. The maximum absolute atomic E-state index is 5.78. The van der Waals surface area contributed by atoms with E-state index in [2.05, 4.69) is 24.3 Å². The maximum atomic E-state index is 5.78. The van der Waals surface area contributed by atoms with Gasteiger partial charge in [0.15, 0.2) is 0 Å². The molecule has 1 aromatic heterocycles. The van der Waals surface area contributed by atoms with E-state index >= 15 is 0 Å². The summed E-state index contributed by atoms with van der Waals surface area (Å²) < 4.78 is 39.1. The van der Waals surface area contributed by atoms with Crippen molar-refractivity contribution in [2.75, 3.05) is 79.3 Å². The first-order valence-electron chi connectivity index (χ1n) is 11.5. The van der Waals surface area contributed by atoms with E-state index in [0.717, 1.165) is 22.5 Å². The van der Waals surface area contributed by atoms with Gasteiger partial charge in [-0.2, -0.15) is 0 Å². The number of rotatable bonds is 1. The highest BCUT2D eigenvalue weighted by Gasteiger charge is 2.06. The molecule has 0 saturated carbocycles. The van der Waals surface area contributed by atoms with Gasteiger partial charge in [-0.1, -0.05) is 30.3 Å². The molecule has 0 atom stereocenters. The lowest BCUT2D eigenvalue weighted by atomic mass is 10.0. The van der Waals surface area contributed by atoms with E-state index in [-0.39, 0.29) is 0 Å². The Hall–Kier alpha value is -1.91. The molecule has 0 saturated heterocycles. The van der Waals surface area contributed by atoms with Gasteiger partial charge in [-0.15, -0.1) is 0 Å². The van der Waals surface area contributed by atoms with Crippen molar-refractivity contribution in [2.24, 2.45) is 0 Å². The summed E-state index contributed by atoms with van der Waals surface area (Å²) in [5.41, 5.74) is 3.95. The number of hydrogen-bond donors (Lipinski definition) is 0. The fourth-order valence-electron chi connectivity index (χ4n) is 3.17. The van der Waals surface area contributed by atoms with E-state index in [4.69, 9.17) is 38.1 Å². The predicted molar refractivity (Wildman–Crippen MR) is 123 cm³/mol. The molecular formula is C25H35NO7. The molecule has 0 N–H and O–H groups in total. The Balaban J connectivity index is 1.53. The van der Waals surface area contributed by atoms with Crippen molar-refractivity contribution in [3.8, 4) is 11.1 Å². The molecule has 0 unspecified atom stereocenters. The molecule has 1 aliphatic rings. The first-order chi connectivity index (χ1) is 16.4. The van der Waals surface area contributed by atoms with Crippen molar-refractivity contribution >= 4 is 0 Å². The highest BCUT2D eigenvalue weighted by atomic mass is 16.6. The van der Waals surface area contributed by atoms with Crippen LogP contribution in [0.1, 0.15) is 11.4 Å². The average molecular weight is 462 g/mol. The first kappa shape index (κ1) is 25.7. The van der Waals surface area contributed by atoms with E-state index < -0.39 is 0 Å². The third-order valence-corrected chi connectivity index (χ3v) is 4.77. The second kappa shape index (κ2) is 16.7. The number of nitrogens with zero attached hydrogens (tertiary/aromatic N) is 1. The minimum absolute atomic E-state index is 0.411. The molecule has 8 nitrogen and oxygen atoms in total. The summed E-state index contributed by atoms with van der Waals surface area (Å²) in [6.07, 6.45) is 0. The molecule has 0 amide bonds. The lowest BCUT2D eigenvalue weighted by Crippen LogP contribution is -2.15. The molecule has 0 fully saturated rings. The molecule has 2 aromatic rings. The lowest BCUT2D eigenvalue weighted by Gasteiger charge is -2.12. The van der Waals surface area contributed by atoms with Gasteiger partial charge in [-0.05, 0) is 23.3 Å². The monoisotopic (exact) mass is 461 g/mol. The second-order valence-corrected chi connectivity index (χ2v) is 7.37. The van der Waals surface area contributed by atoms with Gasteiger partial charge in [-0.25, -0.2) is 0 Å². The molecule has 2 bridgehead atoms. The third-order valence-electron chi connectivity index (χ3n) is 4.77. The number of fused-ring (bicyclic) bond motifs is 2. The number of benzene rings is 1. The Kier molecular flexibility index (Phi) is 13.0.